The van der Waals surface area contributed by atoms with Crippen molar-refractivity contribution in [3.63, 3.8) is 0 Å². The minimum absolute atomic E-state index is 0.550. The van der Waals surface area contributed by atoms with Crippen molar-refractivity contribution >= 4 is 27.3 Å². The van der Waals surface area contributed by atoms with Crippen LogP contribution in [-0.2, 0) is 12.8 Å². The Morgan fingerprint density at radius 2 is 2.15 bits per heavy atom. The lowest BCUT2D eigenvalue weighted by Gasteiger charge is -2.17. The molecule has 0 aliphatic rings. The fourth-order valence-electron chi connectivity index (χ4n) is 2.22. The summed E-state index contributed by atoms with van der Waals surface area (Å²) in [4.78, 5) is 5.52. The van der Waals surface area contributed by atoms with Gasteiger partial charge in [-0.05, 0) is 71.9 Å². The van der Waals surface area contributed by atoms with E-state index >= 15 is 0 Å². The van der Waals surface area contributed by atoms with Gasteiger partial charge >= 0.3 is 0 Å². The topological polar surface area (TPSA) is 24.9 Å². The van der Waals surface area contributed by atoms with Crippen LogP contribution in [0.15, 0.2) is 40.4 Å². The second-order valence-corrected chi connectivity index (χ2v) is 6.89. The second-order valence-electron chi connectivity index (χ2n) is 4.98. The Morgan fingerprint density at radius 1 is 1.35 bits per heavy atom. The van der Waals surface area contributed by atoms with E-state index in [1.165, 1.54) is 27.8 Å². The number of pyridine rings is 1. The number of hydrogen-bond donors (Lipinski definition) is 1. The van der Waals surface area contributed by atoms with E-state index in [4.69, 9.17) is 0 Å². The summed E-state index contributed by atoms with van der Waals surface area (Å²) in [5.41, 5.74) is 1.37. The van der Waals surface area contributed by atoms with E-state index in [0.717, 1.165) is 19.4 Å². The minimum atomic E-state index is 0.550. The van der Waals surface area contributed by atoms with E-state index in [1.54, 1.807) is 0 Å². The lowest BCUT2D eigenvalue weighted by Crippen LogP contribution is -2.32. The molecule has 2 heterocycles. The maximum atomic E-state index is 4.07. The van der Waals surface area contributed by atoms with Crippen molar-refractivity contribution in [1.82, 2.24) is 10.3 Å². The van der Waals surface area contributed by atoms with Crippen LogP contribution < -0.4 is 5.32 Å². The molecule has 20 heavy (non-hydrogen) atoms. The highest BCUT2D eigenvalue weighted by Crippen LogP contribution is 2.22. The summed E-state index contributed by atoms with van der Waals surface area (Å²) in [6.45, 7) is 3.31. The fourth-order valence-corrected chi connectivity index (χ4v) is 3.75. The van der Waals surface area contributed by atoms with Gasteiger partial charge in [0.2, 0.25) is 0 Å². The Bertz CT molecular complexity index is 498. The number of hydrogen-bond acceptors (Lipinski definition) is 3. The highest BCUT2D eigenvalue weighted by atomic mass is 79.9. The summed E-state index contributed by atoms with van der Waals surface area (Å²) >= 11 is 5.37. The van der Waals surface area contributed by atoms with Crippen molar-refractivity contribution in [1.29, 1.82) is 0 Å². The van der Waals surface area contributed by atoms with Crippen molar-refractivity contribution < 1.29 is 0 Å². The van der Waals surface area contributed by atoms with Crippen molar-refractivity contribution in [2.75, 3.05) is 6.54 Å². The predicted molar refractivity (Wildman–Crippen MR) is 90.4 cm³/mol. The molecule has 108 valence electrons. The molecule has 0 bridgehead atoms. The molecule has 0 aliphatic heterocycles. The van der Waals surface area contributed by atoms with Crippen molar-refractivity contribution in [2.24, 2.45) is 0 Å². The third kappa shape index (κ3) is 5.35. The number of aryl methyl sites for hydroxylation is 1. The maximum absolute atomic E-state index is 4.07. The molecule has 0 aromatic carbocycles. The number of nitrogens with one attached hydrogen (secondary N) is 1. The fraction of sp³-hybridized carbons (Fsp3) is 0.438. The molecular formula is C16H21BrN2S. The summed E-state index contributed by atoms with van der Waals surface area (Å²) in [5, 5.41) is 5.83. The van der Waals surface area contributed by atoms with Gasteiger partial charge in [-0.25, -0.2) is 0 Å². The Morgan fingerprint density at radius 3 is 2.80 bits per heavy atom. The van der Waals surface area contributed by atoms with E-state index in [9.17, 15) is 0 Å². The molecule has 1 atom stereocenters. The van der Waals surface area contributed by atoms with Crippen LogP contribution in [0, 0.1) is 0 Å². The summed E-state index contributed by atoms with van der Waals surface area (Å²) in [5.74, 6) is 0. The Hall–Kier alpha value is -0.710. The molecule has 0 saturated carbocycles. The quantitative estimate of drug-likeness (QED) is 0.758. The molecular weight excluding hydrogens is 332 g/mol. The van der Waals surface area contributed by atoms with Crippen molar-refractivity contribution in [2.45, 2.75) is 38.6 Å². The van der Waals surface area contributed by atoms with Gasteiger partial charge in [0.25, 0.3) is 0 Å². The summed E-state index contributed by atoms with van der Waals surface area (Å²) < 4.78 is 1.20. The Balaban J connectivity index is 1.89. The molecule has 0 fully saturated rings. The first-order valence-electron chi connectivity index (χ1n) is 7.13. The third-order valence-corrected chi connectivity index (χ3v) is 5.00. The number of rotatable bonds is 8. The van der Waals surface area contributed by atoms with Crippen LogP contribution in [0.5, 0.6) is 0 Å². The Kier molecular flexibility index (Phi) is 6.70. The normalized spacial score (nSPS) is 12.5. The van der Waals surface area contributed by atoms with E-state index in [0.29, 0.717) is 6.04 Å². The molecule has 2 nitrogen and oxygen atoms in total. The average Bonchev–Trinajstić information content (AvgIpc) is 2.88. The monoisotopic (exact) mass is 352 g/mol. The van der Waals surface area contributed by atoms with Crippen LogP contribution in [0.3, 0.4) is 0 Å². The highest BCUT2D eigenvalue weighted by Gasteiger charge is 2.10. The van der Waals surface area contributed by atoms with Gasteiger partial charge in [-0.3, -0.25) is 4.98 Å². The van der Waals surface area contributed by atoms with Crippen LogP contribution in [0.4, 0.5) is 0 Å². The van der Waals surface area contributed by atoms with Crippen LogP contribution in [0.2, 0.25) is 0 Å². The smallest absolute Gasteiger partial charge is 0.0285 e. The standard InChI is InChI=1S/C16H21BrN2S/c1-2-7-19-15(11-16-10-14(17)12-20-16)4-3-13-5-8-18-9-6-13/h5-6,8-10,12,15,19H,2-4,7,11H2,1H3. The zero-order chi connectivity index (χ0) is 14.2. The van der Waals surface area contributed by atoms with Gasteiger partial charge in [-0.2, -0.15) is 0 Å². The number of thiophene rings is 1. The molecule has 1 N–H and O–H groups in total. The molecule has 0 amide bonds. The van der Waals surface area contributed by atoms with E-state index in [2.05, 4.69) is 56.7 Å². The summed E-state index contributed by atoms with van der Waals surface area (Å²) in [7, 11) is 0. The summed E-state index contributed by atoms with van der Waals surface area (Å²) in [6.07, 6.45) is 8.32. The van der Waals surface area contributed by atoms with Gasteiger partial charge < -0.3 is 5.32 Å². The molecule has 0 saturated heterocycles. The van der Waals surface area contributed by atoms with Gasteiger partial charge in [0.15, 0.2) is 0 Å². The van der Waals surface area contributed by atoms with Gasteiger partial charge in [0.1, 0.15) is 0 Å². The number of halogens is 1. The van der Waals surface area contributed by atoms with E-state index in [1.807, 2.05) is 23.7 Å². The van der Waals surface area contributed by atoms with E-state index in [-0.39, 0.29) is 0 Å². The SMILES string of the molecule is CCCNC(CCc1ccncc1)Cc1cc(Br)cs1. The van der Waals surface area contributed by atoms with Crippen molar-refractivity contribution in [3.05, 3.63) is 50.9 Å². The molecule has 0 aliphatic carbocycles. The van der Waals surface area contributed by atoms with Crippen LogP contribution in [0.1, 0.15) is 30.2 Å². The third-order valence-electron chi connectivity index (χ3n) is 3.28. The molecule has 2 rings (SSSR count). The molecule has 1 unspecified atom stereocenters. The van der Waals surface area contributed by atoms with Gasteiger partial charge in [0.05, 0.1) is 0 Å². The van der Waals surface area contributed by atoms with Gasteiger partial charge in [0, 0.05) is 33.2 Å². The van der Waals surface area contributed by atoms with E-state index < -0.39 is 0 Å². The Labute approximate surface area is 133 Å². The number of aromatic nitrogens is 1. The second kappa shape index (κ2) is 8.55. The zero-order valence-corrected chi connectivity index (χ0v) is 14.2. The lowest BCUT2D eigenvalue weighted by atomic mass is 10.0. The first-order valence-corrected chi connectivity index (χ1v) is 8.80. The predicted octanol–water partition coefficient (Wildman–Crippen LogP) is 4.45. The minimum Gasteiger partial charge on any atom is -0.314 e. The lowest BCUT2D eigenvalue weighted by molar-refractivity contribution is 0.480. The summed E-state index contributed by atoms with van der Waals surface area (Å²) in [6, 6.07) is 7.00. The largest absolute Gasteiger partial charge is 0.314 e. The first-order chi connectivity index (χ1) is 9.78. The number of nitrogens with zero attached hydrogens (tertiary/aromatic N) is 1. The van der Waals surface area contributed by atoms with Crippen LogP contribution >= 0.6 is 27.3 Å². The molecule has 2 aromatic heterocycles. The molecule has 4 heteroatoms. The average molecular weight is 353 g/mol. The van der Waals surface area contributed by atoms with Crippen LogP contribution in [0.25, 0.3) is 0 Å². The van der Waals surface area contributed by atoms with Gasteiger partial charge in [-0.1, -0.05) is 6.92 Å². The molecule has 0 spiro atoms. The van der Waals surface area contributed by atoms with Crippen molar-refractivity contribution in [3.8, 4) is 0 Å². The zero-order valence-electron chi connectivity index (χ0n) is 11.8. The van der Waals surface area contributed by atoms with Gasteiger partial charge in [-0.15, -0.1) is 11.3 Å². The highest BCUT2D eigenvalue weighted by molar-refractivity contribution is 9.10. The first kappa shape index (κ1) is 15.7. The maximum Gasteiger partial charge on any atom is 0.0285 e. The molecule has 0 radical (unpaired) electrons. The van der Waals surface area contributed by atoms with Crippen LogP contribution in [-0.4, -0.2) is 17.6 Å². The molecule has 2 aromatic rings.